The Morgan fingerprint density at radius 3 is 2.38 bits per heavy atom. The van der Waals surface area contributed by atoms with E-state index in [1.54, 1.807) is 18.9 Å². The van der Waals surface area contributed by atoms with Crippen molar-refractivity contribution < 1.29 is 4.79 Å². The van der Waals surface area contributed by atoms with Crippen molar-refractivity contribution >= 4 is 17.5 Å². The molecule has 0 fully saturated rings. The molecular formula is C13H20ClNO. The van der Waals surface area contributed by atoms with E-state index < -0.39 is 0 Å². The van der Waals surface area contributed by atoms with Gasteiger partial charge in [-0.15, -0.1) is 0 Å². The molecule has 0 saturated heterocycles. The minimum atomic E-state index is 0.0672. The van der Waals surface area contributed by atoms with Crippen molar-refractivity contribution in [3.05, 3.63) is 34.3 Å². The number of aryl methyl sites for hydroxylation is 1. The van der Waals surface area contributed by atoms with Crippen LogP contribution in [0.4, 0.5) is 0 Å². The molecule has 1 aromatic carbocycles. The zero-order valence-electron chi connectivity index (χ0n) is 10.7. The van der Waals surface area contributed by atoms with Crippen LogP contribution in [0.15, 0.2) is 18.2 Å². The van der Waals surface area contributed by atoms with E-state index >= 15 is 0 Å². The number of carbonyl (C=O) groups is 1. The summed E-state index contributed by atoms with van der Waals surface area (Å²) in [4.78, 5) is 12.7. The molecule has 90 valence electrons. The predicted molar refractivity (Wildman–Crippen MR) is 69.7 cm³/mol. The molecule has 1 aromatic rings. The highest BCUT2D eigenvalue weighted by Gasteiger charge is 2.04. The van der Waals surface area contributed by atoms with Gasteiger partial charge in [-0.25, -0.2) is 0 Å². The smallest absolute Gasteiger partial charge is 0.219 e. The highest BCUT2D eigenvalue weighted by Crippen LogP contribution is 2.17. The second kappa shape index (κ2) is 7.29. The highest BCUT2D eigenvalue weighted by atomic mass is 35.5. The normalized spacial score (nSPS) is 9.12. The van der Waals surface area contributed by atoms with Gasteiger partial charge in [-0.1, -0.05) is 37.6 Å². The number of rotatable bonds is 2. The number of hydrogen-bond donors (Lipinski definition) is 0. The Morgan fingerprint density at radius 2 is 1.94 bits per heavy atom. The van der Waals surface area contributed by atoms with E-state index in [9.17, 15) is 4.79 Å². The maximum atomic E-state index is 11.0. The molecule has 0 heterocycles. The average molecular weight is 242 g/mol. The van der Waals surface area contributed by atoms with Crippen LogP contribution in [0.5, 0.6) is 0 Å². The van der Waals surface area contributed by atoms with Crippen molar-refractivity contribution in [2.75, 3.05) is 7.05 Å². The third-order valence-electron chi connectivity index (χ3n) is 2.18. The first-order valence-corrected chi connectivity index (χ1v) is 5.85. The summed E-state index contributed by atoms with van der Waals surface area (Å²) >= 11 is 5.90. The van der Waals surface area contributed by atoms with Crippen LogP contribution in [0.1, 0.15) is 31.9 Å². The first kappa shape index (κ1) is 15.0. The third kappa shape index (κ3) is 4.67. The first-order valence-electron chi connectivity index (χ1n) is 5.47. The molecule has 0 aromatic heterocycles. The van der Waals surface area contributed by atoms with Gasteiger partial charge in [-0.05, 0) is 24.1 Å². The van der Waals surface area contributed by atoms with E-state index in [0.29, 0.717) is 6.54 Å². The number of halogens is 1. The molecule has 1 amide bonds. The highest BCUT2D eigenvalue weighted by molar-refractivity contribution is 6.31. The molecule has 0 unspecified atom stereocenters. The largest absolute Gasteiger partial charge is 0.342 e. The molecular weight excluding hydrogens is 222 g/mol. The van der Waals surface area contributed by atoms with Gasteiger partial charge in [0, 0.05) is 25.5 Å². The van der Waals surface area contributed by atoms with Gasteiger partial charge in [0.05, 0.1) is 0 Å². The zero-order chi connectivity index (χ0) is 12.7. The second-order valence-electron chi connectivity index (χ2n) is 3.46. The Kier molecular flexibility index (Phi) is 6.82. The molecule has 0 atom stereocenters. The molecule has 0 N–H and O–H groups in total. The Morgan fingerprint density at radius 1 is 1.38 bits per heavy atom. The molecule has 2 nitrogen and oxygen atoms in total. The number of carbonyl (C=O) groups excluding carboxylic acids is 1. The SMILES string of the molecule is CC.CC(=O)N(C)Cc1ccc(Cl)c(C)c1. The minimum absolute atomic E-state index is 0.0672. The third-order valence-corrected chi connectivity index (χ3v) is 2.60. The van der Waals surface area contributed by atoms with E-state index in [4.69, 9.17) is 11.6 Å². The van der Waals surface area contributed by atoms with E-state index in [-0.39, 0.29) is 5.91 Å². The summed E-state index contributed by atoms with van der Waals surface area (Å²) in [5, 5.41) is 0.763. The molecule has 16 heavy (non-hydrogen) atoms. The molecule has 0 saturated carbocycles. The summed E-state index contributed by atoms with van der Waals surface area (Å²) in [6.07, 6.45) is 0. The van der Waals surface area contributed by atoms with Crippen LogP contribution >= 0.6 is 11.6 Å². The van der Waals surface area contributed by atoms with Crippen LogP contribution in [0, 0.1) is 6.92 Å². The summed E-state index contributed by atoms with van der Waals surface area (Å²) in [5.41, 5.74) is 2.14. The Bertz CT molecular complexity index is 350. The van der Waals surface area contributed by atoms with Gasteiger partial charge in [0.15, 0.2) is 0 Å². The molecule has 0 aliphatic carbocycles. The minimum Gasteiger partial charge on any atom is -0.342 e. The maximum Gasteiger partial charge on any atom is 0.219 e. The van der Waals surface area contributed by atoms with Crippen LogP contribution in [0.2, 0.25) is 5.02 Å². The maximum absolute atomic E-state index is 11.0. The van der Waals surface area contributed by atoms with Crippen LogP contribution < -0.4 is 0 Å². The fourth-order valence-corrected chi connectivity index (χ4v) is 1.31. The number of hydrogen-bond acceptors (Lipinski definition) is 1. The lowest BCUT2D eigenvalue weighted by molar-refractivity contribution is -0.128. The summed E-state index contributed by atoms with van der Waals surface area (Å²) in [6, 6.07) is 5.80. The van der Waals surface area contributed by atoms with Gasteiger partial charge in [-0.3, -0.25) is 4.79 Å². The fourth-order valence-electron chi connectivity index (χ4n) is 1.19. The monoisotopic (exact) mass is 241 g/mol. The molecule has 0 bridgehead atoms. The van der Waals surface area contributed by atoms with Gasteiger partial charge in [0.25, 0.3) is 0 Å². The van der Waals surface area contributed by atoms with Crippen molar-refractivity contribution in [3.8, 4) is 0 Å². The van der Waals surface area contributed by atoms with E-state index in [1.807, 2.05) is 39.0 Å². The number of amides is 1. The van der Waals surface area contributed by atoms with Crippen molar-refractivity contribution in [1.29, 1.82) is 0 Å². The van der Waals surface area contributed by atoms with Crippen molar-refractivity contribution in [2.24, 2.45) is 0 Å². The molecule has 1 rings (SSSR count). The van der Waals surface area contributed by atoms with Gasteiger partial charge in [0.1, 0.15) is 0 Å². The van der Waals surface area contributed by atoms with Gasteiger partial charge in [0.2, 0.25) is 5.91 Å². The van der Waals surface area contributed by atoms with E-state index in [1.165, 1.54) is 0 Å². The fraction of sp³-hybridized carbons (Fsp3) is 0.462. The molecule has 3 heteroatoms. The topological polar surface area (TPSA) is 20.3 Å². The zero-order valence-corrected chi connectivity index (χ0v) is 11.4. The molecule has 0 spiro atoms. The Balaban J connectivity index is 0.00000106. The van der Waals surface area contributed by atoms with Gasteiger partial charge >= 0.3 is 0 Å². The summed E-state index contributed by atoms with van der Waals surface area (Å²) in [6.45, 7) is 8.15. The predicted octanol–water partition coefficient (Wildman–Crippen LogP) is 3.65. The van der Waals surface area contributed by atoms with Crippen LogP contribution in [-0.2, 0) is 11.3 Å². The first-order chi connectivity index (χ1) is 7.50. The lowest BCUT2D eigenvalue weighted by Crippen LogP contribution is -2.22. The average Bonchev–Trinajstić information content (AvgIpc) is 2.26. The Hall–Kier alpha value is -1.02. The number of benzene rings is 1. The summed E-state index contributed by atoms with van der Waals surface area (Å²) in [7, 11) is 1.78. The summed E-state index contributed by atoms with van der Waals surface area (Å²) in [5.74, 6) is 0.0672. The van der Waals surface area contributed by atoms with E-state index in [0.717, 1.165) is 16.1 Å². The van der Waals surface area contributed by atoms with E-state index in [2.05, 4.69) is 0 Å². The van der Waals surface area contributed by atoms with Crippen LogP contribution in [0.3, 0.4) is 0 Å². The van der Waals surface area contributed by atoms with Gasteiger partial charge < -0.3 is 4.90 Å². The second-order valence-corrected chi connectivity index (χ2v) is 3.87. The van der Waals surface area contributed by atoms with Crippen LogP contribution in [0.25, 0.3) is 0 Å². The van der Waals surface area contributed by atoms with Crippen molar-refractivity contribution in [1.82, 2.24) is 4.90 Å². The van der Waals surface area contributed by atoms with Gasteiger partial charge in [-0.2, -0.15) is 0 Å². The standard InChI is InChI=1S/C11H14ClNO.C2H6/c1-8-6-10(4-5-11(8)12)7-13(3)9(2)14;1-2/h4-6H,7H2,1-3H3;1-2H3. The lowest BCUT2D eigenvalue weighted by Gasteiger charge is -2.15. The lowest BCUT2D eigenvalue weighted by atomic mass is 10.1. The van der Waals surface area contributed by atoms with Crippen LogP contribution in [-0.4, -0.2) is 17.9 Å². The number of nitrogens with zero attached hydrogens (tertiary/aromatic N) is 1. The summed E-state index contributed by atoms with van der Waals surface area (Å²) < 4.78 is 0. The molecule has 0 radical (unpaired) electrons. The molecule has 0 aliphatic heterocycles. The van der Waals surface area contributed by atoms with Crippen molar-refractivity contribution in [3.63, 3.8) is 0 Å². The quantitative estimate of drug-likeness (QED) is 0.774. The van der Waals surface area contributed by atoms with Crippen molar-refractivity contribution in [2.45, 2.75) is 34.2 Å². The molecule has 0 aliphatic rings. The Labute approximate surface area is 103 Å².